The van der Waals surface area contributed by atoms with Crippen LogP contribution in [-0.4, -0.2) is 25.6 Å². The van der Waals surface area contributed by atoms with Crippen LogP contribution < -0.4 is 15.4 Å². The Labute approximate surface area is 130 Å². The maximum Gasteiger partial charge on any atom is 0.220 e. The highest BCUT2D eigenvalue weighted by molar-refractivity contribution is 6.32. The van der Waals surface area contributed by atoms with Gasteiger partial charge >= 0.3 is 0 Å². The molecule has 1 aromatic rings. The van der Waals surface area contributed by atoms with E-state index in [2.05, 4.69) is 10.6 Å². The van der Waals surface area contributed by atoms with Crippen LogP contribution in [0.2, 0.25) is 5.02 Å². The normalized spacial score (nSPS) is 24.2. The average molecular weight is 309 g/mol. The molecule has 21 heavy (non-hydrogen) atoms. The second-order valence-corrected chi connectivity index (χ2v) is 6.22. The summed E-state index contributed by atoms with van der Waals surface area (Å²) in [6, 6.07) is 5.71. The second kappa shape index (κ2) is 6.67. The minimum absolute atomic E-state index is 0.0154. The van der Waals surface area contributed by atoms with Crippen molar-refractivity contribution in [2.24, 2.45) is 5.92 Å². The number of carbonyl (C=O) groups is 1. The van der Waals surface area contributed by atoms with Gasteiger partial charge in [-0.15, -0.1) is 0 Å². The molecule has 5 heteroatoms. The summed E-state index contributed by atoms with van der Waals surface area (Å²) in [5.74, 6) is 1.49. The Kier molecular flexibility index (Phi) is 4.66. The van der Waals surface area contributed by atoms with Gasteiger partial charge in [0.2, 0.25) is 5.91 Å². The minimum atomic E-state index is 0.0154. The van der Waals surface area contributed by atoms with E-state index in [9.17, 15) is 4.79 Å². The first-order valence-corrected chi connectivity index (χ1v) is 8.03. The fraction of sp³-hybridized carbons (Fsp3) is 0.562. The van der Waals surface area contributed by atoms with Gasteiger partial charge in [0.1, 0.15) is 5.75 Å². The fourth-order valence-electron chi connectivity index (χ4n) is 3.10. The molecule has 1 amide bonds. The summed E-state index contributed by atoms with van der Waals surface area (Å²) in [5, 5.41) is 7.08. The highest BCUT2D eigenvalue weighted by Crippen LogP contribution is 2.37. The lowest BCUT2D eigenvalue weighted by atomic mass is 9.99. The van der Waals surface area contributed by atoms with Gasteiger partial charge in [0, 0.05) is 18.4 Å². The molecule has 0 spiro atoms. The first kappa shape index (κ1) is 14.7. The van der Waals surface area contributed by atoms with Crippen LogP contribution in [0.15, 0.2) is 18.2 Å². The van der Waals surface area contributed by atoms with Crippen LogP contribution in [0.25, 0.3) is 0 Å². The molecule has 4 nitrogen and oxygen atoms in total. The van der Waals surface area contributed by atoms with E-state index in [0.29, 0.717) is 24.0 Å². The molecular formula is C16H21ClN2O2. The Hall–Kier alpha value is -1.26. The van der Waals surface area contributed by atoms with E-state index >= 15 is 0 Å². The summed E-state index contributed by atoms with van der Waals surface area (Å²) in [5.41, 5.74) is 0.990. The highest BCUT2D eigenvalue weighted by atomic mass is 35.5. The van der Waals surface area contributed by atoms with Gasteiger partial charge in [-0.3, -0.25) is 4.79 Å². The zero-order valence-electron chi connectivity index (χ0n) is 12.0. The van der Waals surface area contributed by atoms with E-state index in [1.807, 2.05) is 18.2 Å². The van der Waals surface area contributed by atoms with Crippen molar-refractivity contribution < 1.29 is 9.53 Å². The maximum absolute atomic E-state index is 12.2. The molecule has 1 aromatic carbocycles. The Bertz CT molecular complexity index is 515. The number of amides is 1. The number of hydrogen-bond acceptors (Lipinski definition) is 3. The van der Waals surface area contributed by atoms with Crippen molar-refractivity contribution in [2.45, 2.75) is 31.7 Å². The van der Waals surface area contributed by atoms with Crippen molar-refractivity contribution in [1.29, 1.82) is 0 Å². The standard InChI is InChI=1S/C16H21ClN2O2/c17-13-3-1-2-12-14(7-9-21-16(12)13)19-15(20)5-4-11-6-8-18-10-11/h1-3,11,14,18H,4-10H2,(H,19,20). The van der Waals surface area contributed by atoms with Crippen LogP contribution in [0.4, 0.5) is 0 Å². The lowest BCUT2D eigenvalue weighted by Gasteiger charge is -2.27. The Balaban J connectivity index is 1.58. The topological polar surface area (TPSA) is 50.4 Å². The number of para-hydroxylation sites is 1. The van der Waals surface area contributed by atoms with Crippen LogP contribution in [0.3, 0.4) is 0 Å². The smallest absolute Gasteiger partial charge is 0.220 e. The van der Waals surface area contributed by atoms with Gasteiger partial charge in [-0.2, -0.15) is 0 Å². The van der Waals surface area contributed by atoms with Gasteiger partial charge in [0.25, 0.3) is 0 Å². The zero-order chi connectivity index (χ0) is 14.7. The summed E-state index contributed by atoms with van der Waals surface area (Å²) < 4.78 is 5.62. The van der Waals surface area contributed by atoms with E-state index in [0.717, 1.165) is 37.2 Å². The largest absolute Gasteiger partial charge is 0.492 e. The number of halogens is 1. The molecule has 2 heterocycles. The number of benzene rings is 1. The van der Waals surface area contributed by atoms with Crippen LogP contribution in [0, 0.1) is 5.92 Å². The summed E-state index contributed by atoms with van der Waals surface area (Å²) in [4.78, 5) is 12.2. The van der Waals surface area contributed by atoms with Gasteiger partial charge in [-0.25, -0.2) is 0 Å². The van der Waals surface area contributed by atoms with Crippen molar-refractivity contribution in [1.82, 2.24) is 10.6 Å². The third-order valence-corrected chi connectivity index (χ3v) is 4.60. The van der Waals surface area contributed by atoms with Gasteiger partial charge < -0.3 is 15.4 Å². The molecule has 0 radical (unpaired) electrons. The van der Waals surface area contributed by atoms with Crippen LogP contribution in [-0.2, 0) is 4.79 Å². The van der Waals surface area contributed by atoms with Gasteiger partial charge in [0.15, 0.2) is 0 Å². The molecule has 2 aliphatic heterocycles. The summed E-state index contributed by atoms with van der Waals surface area (Å²) in [7, 11) is 0. The monoisotopic (exact) mass is 308 g/mol. The molecule has 114 valence electrons. The molecule has 2 aliphatic rings. The number of ether oxygens (including phenoxy) is 1. The number of fused-ring (bicyclic) bond motifs is 1. The lowest BCUT2D eigenvalue weighted by molar-refractivity contribution is -0.122. The third kappa shape index (κ3) is 3.50. The number of rotatable bonds is 4. The van der Waals surface area contributed by atoms with Crippen molar-refractivity contribution in [3.8, 4) is 5.75 Å². The van der Waals surface area contributed by atoms with Crippen molar-refractivity contribution in [3.05, 3.63) is 28.8 Å². The number of nitrogens with one attached hydrogen (secondary N) is 2. The van der Waals surface area contributed by atoms with E-state index in [4.69, 9.17) is 16.3 Å². The first-order chi connectivity index (χ1) is 10.2. The molecule has 0 saturated carbocycles. The minimum Gasteiger partial charge on any atom is -0.492 e. The Morgan fingerprint density at radius 1 is 1.43 bits per heavy atom. The molecule has 3 rings (SSSR count). The SMILES string of the molecule is O=C(CCC1CCNC1)NC1CCOc2c(Cl)cccc21. The Morgan fingerprint density at radius 2 is 2.33 bits per heavy atom. The molecular weight excluding hydrogens is 288 g/mol. The predicted octanol–water partition coefficient (Wildman–Crippen LogP) is 2.67. The van der Waals surface area contributed by atoms with E-state index in [1.54, 1.807) is 0 Å². The van der Waals surface area contributed by atoms with Crippen LogP contribution in [0.1, 0.15) is 37.3 Å². The number of hydrogen-bond donors (Lipinski definition) is 2. The molecule has 0 bridgehead atoms. The summed E-state index contributed by atoms with van der Waals surface area (Å²) >= 11 is 6.15. The van der Waals surface area contributed by atoms with E-state index in [1.165, 1.54) is 6.42 Å². The van der Waals surface area contributed by atoms with Crippen molar-refractivity contribution in [2.75, 3.05) is 19.7 Å². The molecule has 2 N–H and O–H groups in total. The molecule has 1 fully saturated rings. The molecule has 2 unspecified atom stereocenters. The molecule has 0 aromatic heterocycles. The average Bonchev–Trinajstić information content (AvgIpc) is 3.00. The van der Waals surface area contributed by atoms with E-state index < -0.39 is 0 Å². The number of carbonyl (C=O) groups excluding carboxylic acids is 1. The maximum atomic E-state index is 12.2. The second-order valence-electron chi connectivity index (χ2n) is 5.81. The van der Waals surface area contributed by atoms with Gasteiger partial charge in [-0.1, -0.05) is 23.7 Å². The molecule has 1 saturated heterocycles. The highest BCUT2D eigenvalue weighted by Gasteiger charge is 2.25. The summed E-state index contributed by atoms with van der Waals surface area (Å²) in [6.45, 7) is 2.72. The van der Waals surface area contributed by atoms with Crippen LogP contribution in [0.5, 0.6) is 5.75 Å². The van der Waals surface area contributed by atoms with Crippen LogP contribution >= 0.6 is 11.6 Å². The summed E-state index contributed by atoms with van der Waals surface area (Å²) in [6.07, 6.45) is 3.54. The molecule has 2 atom stereocenters. The van der Waals surface area contributed by atoms with Crippen molar-refractivity contribution >= 4 is 17.5 Å². The van der Waals surface area contributed by atoms with Gasteiger partial charge in [-0.05, 0) is 37.9 Å². The lowest BCUT2D eigenvalue weighted by Crippen LogP contribution is -2.32. The fourth-order valence-corrected chi connectivity index (χ4v) is 3.34. The van der Waals surface area contributed by atoms with Gasteiger partial charge in [0.05, 0.1) is 17.7 Å². The Morgan fingerprint density at radius 3 is 3.14 bits per heavy atom. The predicted molar refractivity (Wildman–Crippen MR) is 82.7 cm³/mol. The quantitative estimate of drug-likeness (QED) is 0.899. The third-order valence-electron chi connectivity index (χ3n) is 4.30. The first-order valence-electron chi connectivity index (χ1n) is 7.65. The molecule has 0 aliphatic carbocycles. The van der Waals surface area contributed by atoms with Crippen molar-refractivity contribution in [3.63, 3.8) is 0 Å². The van der Waals surface area contributed by atoms with E-state index in [-0.39, 0.29) is 11.9 Å². The zero-order valence-corrected chi connectivity index (χ0v) is 12.8.